The Morgan fingerprint density at radius 2 is 1.96 bits per heavy atom. The van der Waals surface area contributed by atoms with Gasteiger partial charge in [0.05, 0.1) is 0 Å². The summed E-state index contributed by atoms with van der Waals surface area (Å²) in [5, 5.41) is 3.12. The highest BCUT2D eigenvalue weighted by Gasteiger charge is 2.36. The van der Waals surface area contributed by atoms with Crippen molar-refractivity contribution in [2.45, 2.75) is 42.7 Å². The molecule has 2 unspecified atom stereocenters. The van der Waals surface area contributed by atoms with Crippen LogP contribution in [0, 0.1) is 0 Å². The Morgan fingerprint density at radius 3 is 2.77 bits per heavy atom. The van der Waals surface area contributed by atoms with E-state index in [0.717, 1.165) is 37.4 Å². The maximum atomic E-state index is 12.7. The van der Waals surface area contributed by atoms with E-state index in [1.165, 1.54) is 29.4 Å². The van der Waals surface area contributed by atoms with Crippen molar-refractivity contribution in [3.05, 3.63) is 18.0 Å². The summed E-state index contributed by atoms with van der Waals surface area (Å²) in [6.45, 7) is 3.21. The lowest BCUT2D eigenvalue weighted by atomic mass is 9.99. The predicted molar refractivity (Wildman–Crippen MR) is 102 cm³/mol. The van der Waals surface area contributed by atoms with Gasteiger partial charge in [0.1, 0.15) is 10.6 Å². The molecule has 0 radical (unpaired) electrons. The maximum absolute atomic E-state index is 12.7. The second-order valence-electron chi connectivity index (χ2n) is 7.23. The number of aromatic amines is 1. The summed E-state index contributed by atoms with van der Waals surface area (Å²) in [5.74, 6) is 1.42. The summed E-state index contributed by atoms with van der Waals surface area (Å²) in [5.41, 5.74) is 0.323. The summed E-state index contributed by atoms with van der Waals surface area (Å²) in [7, 11) is -3.52. The Balaban J connectivity index is 1.43. The van der Waals surface area contributed by atoms with Gasteiger partial charge in [0.15, 0.2) is 0 Å². The van der Waals surface area contributed by atoms with Crippen molar-refractivity contribution < 1.29 is 13.2 Å². The fourth-order valence-corrected chi connectivity index (χ4v) is 6.82. The number of fused-ring (bicyclic) bond motifs is 1. The van der Waals surface area contributed by atoms with Gasteiger partial charge in [-0.3, -0.25) is 9.69 Å². The highest BCUT2D eigenvalue weighted by atomic mass is 32.2. The predicted octanol–water partition coefficient (Wildman–Crippen LogP) is 1.11. The second-order valence-corrected chi connectivity index (χ2v) is 10.4. The number of amides is 1. The van der Waals surface area contributed by atoms with E-state index in [4.69, 9.17) is 0 Å². The lowest BCUT2D eigenvalue weighted by molar-refractivity contribution is 0.0911. The summed E-state index contributed by atoms with van der Waals surface area (Å²) in [4.78, 5) is 18.1. The normalized spacial score (nSPS) is 28.0. The van der Waals surface area contributed by atoms with E-state index >= 15 is 0 Å². The minimum absolute atomic E-state index is 0.158. The molecule has 1 amide bonds. The third-order valence-corrected chi connectivity index (χ3v) is 8.50. The number of piperidine rings is 1. The monoisotopic (exact) mass is 398 g/mol. The van der Waals surface area contributed by atoms with Crippen LogP contribution in [0.15, 0.2) is 17.2 Å². The highest BCUT2D eigenvalue weighted by molar-refractivity contribution is 7.99. The number of H-pyrrole nitrogens is 1. The number of rotatable bonds is 4. The molecule has 3 aliphatic heterocycles. The van der Waals surface area contributed by atoms with E-state index < -0.39 is 10.0 Å². The Kier molecular flexibility index (Phi) is 5.31. The number of carbonyl (C=O) groups excluding carboxylic acids is 1. The molecule has 26 heavy (non-hydrogen) atoms. The molecule has 9 heteroatoms. The van der Waals surface area contributed by atoms with Crippen LogP contribution < -0.4 is 5.32 Å². The zero-order valence-corrected chi connectivity index (χ0v) is 16.4. The number of nitrogens with one attached hydrogen (secondary N) is 2. The molecule has 2 atom stereocenters. The third-order valence-electron chi connectivity index (χ3n) is 5.68. The van der Waals surface area contributed by atoms with Gasteiger partial charge in [-0.05, 0) is 31.9 Å². The van der Waals surface area contributed by atoms with Crippen LogP contribution in [0.25, 0.3) is 0 Å². The van der Waals surface area contributed by atoms with Gasteiger partial charge in [-0.1, -0.05) is 6.42 Å². The van der Waals surface area contributed by atoms with Crippen LogP contribution in [0.3, 0.4) is 0 Å². The van der Waals surface area contributed by atoms with Gasteiger partial charge in [-0.25, -0.2) is 8.42 Å². The Morgan fingerprint density at radius 1 is 1.15 bits per heavy atom. The average Bonchev–Trinajstić information content (AvgIpc) is 3.31. The molecule has 3 aliphatic rings. The minimum Gasteiger partial charge on any atom is -0.356 e. The minimum atomic E-state index is -3.52. The topological polar surface area (TPSA) is 85.5 Å². The van der Waals surface area contributed by atoms with E-state index in [1.807, 2.05) is 0 Å². The Hall–Kier alpha value is -1.03. The van der Waals surface area contributed by atoms with Gasteiger partial charge in [0.25, 0.3) is 5.91 Å². The number of hydrogen-bond donors (Lipinski definition) is 2. The molecular weight excluding hydrogens is 372 g/mol. The van der Waals surface area contributed by atoms with E-state index in [2.05, 4.69) is 15.2 Å². The van der Waals surface area contributed by atoms with E-state index in [-0.39, 0.29) is 16.8 Å². The van der Waals surface area contributed by atoms with Crippen LogP contribution in [0.4, 0.5) is 0 Å². The molecule has 1 aromatic heterocycles. The van der Waals surface area contributed by atoms with Gasteiger partial charge in [0, 0.05) is 49.4 Å². The quantitative estimate of drug-likeness (QED) is 0.794. The number of nitrogens with zero attached hydrogens (tertiary/aromatic N) is 2. The lowest BCUT2D eigenvalue weighted by Crippen LogP contribution is -2.46. The van der Waals surface area contributed by atoms with Crippen LogP contribution in [0.2, 0.25) is 0 Å². The van der Waals surface area contributed by atoms with Gasteiger partial charge < -0.3 is 10.3 Å². The van der Waals surface area contributed by atoms with Crippen molar-refractivity contribution in [3.8, 4) is 0 Å². The fraction of sp³-hybridized carbons (Fsp3) is 0.706. The molecule has 3 saturated heterocycles. The van der Waals surface area contributed by atoms with E-state index in [9.17, 15) is 13.2 Å². The molecule has 3 fully saturated rings. The van der Waals surface area contributed by atoms with Crippen LogP contribution in [-0.4, -0.2) is 78.3 Å². The molecule has 0 aliphatic carbocycles. The molecule has 2 N–H and O–H groups in total. The van der Waals surface area contributed by atoms with Crippen LogP contribution in [0.1, 0.15) is 36.2 Å². The molecule has 4 heterocycles. The third kappa shape index (κ3) is 3.54. The summed E-state index contributed by atoms with van der Waals surface area (Å²) >= 11 is 1.76. The first-order chi connectivity index (χ1) is 12.6. The molecule has 0 spiro atoms. The Labute approximate surface area is 158 Å². The summed E-state index contributed by atoms with van der Waals surface area (Å²) in [6, 6.07) is 2.06. The second kappa shape index (κ2) is 7.53. The van der Waals surface area contributed by atoms with Gasteiger partial charge in [-0.2, -0.15) is 16.1 Å². The summed E-state index contributed by atoms with van der Waals surface area (Å²) in [6.07, 6.45) is 5.99. The van der Waals surface area contributed by atoms with Crippen molar-refractivity contribution in [3.63, 3.8) is 0 Å². The van der Waals surface area contributed by atoms with Crippen molar-refractivity contribution >= 4 is 27.7 Å². The van der Waals surface area contributed by atoms with E-state index in [0.29, 0.717) is 24.8 Å². The van der Waals surface area contributed by atoms with E-state index in [1.54, 1.807) is 11.8 Å². The smallest absolute Gasteiger partial charge is 0.268 e. The SMILES string of the molecule is O=C(NC1CCN2CCCCC12)c1cc(S(=O)(=O)N2CCSCC2)c[nH]1. The molecule has 4 rings (SSSR count). The first kappa shape index (κ1) is 18.3. The molecule has 144 valence electrons. The van der Waals surface area contributed by atoms with Crippen LogP contribution in [-0.2, 0) is 10.0 Å². The van der Waals surface area contributed by atoms with Crippen molar-refractivity contribution in [2.75, 3.05) is 37.7 Å². The standard InChI is InChI=1S/C17H26N4O3S2/c22-17(19-14-4-6-20-5-2-1-3-16(14)20)15-11-13(12-18-15)26(23,24)21-7-9-25-10-8-21/h11-12,14,16,18H,1-10H2,(H,19,22). The largest absolute Gasteiger partial charge is 0.356 e. The van der Waals surface area contributed by atoms with Crippen molar-refractivity contribution in [1.29, 1.82) is 0 Å². The molecular formula is C17H26N4O3S2. The number of thioether (sulfide) groups is 1. The first-order valence-electron chi connectivity index (χ1n) is 9.37. The molecule has 0 bridgehead atoms. The number of hydrogen-bond acceptors (Lipinski definition) is 5. The maximum Gasteiger partial charge on any atom is 0.268 e. The average molecular weight is 399 g/mol. The van der Waals surface area contributed by atoms with Crippen molar-refractivity contribution in [2.24, 2.45) is 0 Å². The number of sulfonamides is 1. The number of aromatic nitrogens is 1. The van der Waals surface area contributed by atoms with Gasteiger partial charge in [-0.15, -0.1) is 0 Å². The summed E-state index contributed by atoms with van der Waals surface area (Å²) < 4.78 is 26.9. The number of carbonyl (C=O) groups is 1. The lowest BCUT2D eigenvalue weighted by Gasteiger charge is -2.32. The van der Waals surface area contributed by atoms with Crippen LogP contribution in [0.5, 0.6) is 0 Å². The molecule has 7 nitrogen and oxygen atoms in total. The highest BCUT2D eigenvalue weighted by Crippen LogP contribution is 2.27. The van der Waals surface area contributed by atoms with Gasteiger partial charge >= 0.3 is 0 Å². The fourth-order valence-electron chi connectivity index (χ4n) is 4.25. The zero-order chi connectivity index (χ0) is 18.1. The van der Waals surface area contributed by atoms with Gasteiger partial charge in [0.2, 0.25) is 10.0 Å². The molecule has 1 aromatic rings. The molecule has 0 aromatic carbocycles. The molecule has 0 saturated carbocycles. The van der Waals surface area contributed by atoms with Crippen molar-refractivity contribution in [1.82, 2.24) is 19.5 Å². The zero-order valence-electron chi connectivity index (χ0n) is 14.8. The first-order valence-corrected chi connectivity index (χ1v) is 12.0. The Bertz CT molecular complexity index is 758. The van der Waals surface area contributed by atoms with Crippen LogP contribution >= 0.6 is 11.8 Å².